The first-order valence-corrected chi connectivity index (χ1v) is 4.91. The Bertz CT molecular complexity index is 486. The van der Waals surface area contributed by atoms with Crippen molar-refractivity contribution in [2.24, 2.45) is 0 Å². The topological polar surface area (TPSA) is 49.7 Å². The smallest absolute Gasteiger partial charge is 0.134 e. The Hall–Kier alpha value is -2.16. The second kappa shape index (κ2) is 4.14. The fraction of sp³-hybridized carbons (Fsp3) is 0.0769. The number of aryl methyl sites for hydroxylation is 1. The predicted molar refractivity (Wildman–Crippen MR) is 61.0 cm³/mol. The van der Waals surface area contributed by atoms with Gasteiger partial charge in [-0.15, -0.1) is 0 Å². The summed E-state index contributed by atoms with van der Waals surface area (Å²) in [7, 11) is 0. The van der Waals surface area contributed by atoms with Crippen LogP contribution in [0, 0.1) is 6.92 Å². The lowest BCUT2D eigenvalue weighted by atomic mass is 10.2. The van der Waals surface area contributed by atoms with Crippen molar-refractivity contribution in [1.82, 2.24) is 0 Å². The molecular formula is C13H12O3. The molecule has 0 radical (unpaired) electrons. The molecule has 3 nitrogen and oxygen atoms in total. The minimum Gasteiger partial charge on any atom is -0.508 e. The van der Waals surface area contributed by atoms with Gasteiger partial charge in [0.25, 0.3) is 0 Å². The van der Waals surface area contributed by atoms with E-state index in [2.05, 4.69) is 0 Å². The average molecular weight is 216 g/mol. The van der Waals surface area contributed by atoms with E-state index in [0.29, 0.717) is 11.5 Å². The van der Waals surface area contributed by atoms with E-state index < -0.39 is 0 Å². The summed E-state index contributed by atoms with van der Waals surface area (Å²) >= 11 is 0. The van der Waals surface area contributed by atoms with E-state index in [1.165, 1.54) is 18.2 Å². The fourth-order valence-electron chi connectivity index (χ4n) is 1.44. The highest BCUT2D eigenvalue weighted by molar-refractivity contribution is 5.42. The van der Waals surface area contributed by atoms with E-state index in [4.69, 9.17) is 4.74 Å². The SMILES string of the molecule is Cc1cccc(Oc2cc(O)cc(O)c2)c1. The van der Waals surface area contributed by atoms with Crippen molar-refractivity contribution in [2.45, 2.75) is 6.92 Å². The van der Waals surface area contributed by atoms with Gasteiger partial charge in [-0.1, -0.05) is 12.1 Å². The number of hydrogen-bond donors (Lipinski definition) is 2. The van der Waals surface area contributed by atoms with Gasteiger partial charge in [0.2, 0.25) is 0 Å². The third-order valence-corrected chi connectivity index (χ3v) is 2.10. The lowest BCUT2D eigenvalue weighted by Crippen LogP contribution is -1.84. The van der Waals surface area contributed by atoms with Gasteiger partial charge in [-0.3, -0.25) is 0 Å². The van der Waals surface area contributed by atoms with Gasteiger partial charge in [-0.2, -0.15) is 0 Å². The molecule has 0 aliphatic rings. The third kappa shape index (κ3) is 2.45. The highest BCUT2D eigenvalue weighted by Gasteiger charge is 2.01. The van der Waals surface area contributed by atoms with Crippen LogP contribution in [0.15, 0.2) is 42.5 Å². The summed E-state index contributed by atoms with van der Waals surface area (Å²) in [5.74, 6) is 1.03. The van der Waals surface area contributed by atoms with E-state index in [-0.39, 0.29) is 11.5 Å². The number of benzene rings is 2. The molecule has 0 bridgehead atoms. The maximum absolute atomic E-state index is 9.29. The minimum absolute atomic E-state index is 0.0253. The average Bonchev–Trinajstić information content (AvgIpc) is 2.15. The molecule has 0 aromatic heterocycles. The monoisotopic (exact) mass is 216 g/mol. The van der Waals surface area contributed by atoms with Crippen LogP contribution in [0.25, 0.3) is 0 Å². The Morgan fingerprint density at radius 2 is 1.56 bits per heavy atom. The number of aromatic hydroxyl groups is 2. The summed E-state index contributed by atoms with van der Waals surface area (Å²) < 4.78 is 5.50. The second-order valence-corrected chi connectivity index (χ2v) is 3.60. The van der Waals surface area contributed by atoms with E-state index in [1.54, 1.807) is 0 Å². The van der Waals surface area contributed by atoms with Crippen molar-refractivity contribution in [2.75, 3.05) is 0 Å². The molecule has 0 amide bonds. The molecule has 0 saturated heterocycles. The molecule has 3 heteroatoms. The van der Waals surface area contributed by atoms with Gasteiger partial charge in [-0.25, -0.2) is 0 Å². The molecular weight excluding hydrogens is 204 g/mol. The van der Waals surface area contributed by atoms with Crippen LogP contribution >= 0.6 is 0 Å². The van der Waals surface area contributed by atoms with E-state index in [1.807, 2.05) is 31.2 Å². The number of hydrogen-bond acceptors (Lipinski definition) is 3. The first-order valence-electron chi connectivity index (χ1n) is 4.91. The Morgan fingerprint density at radius 1 is 0.875 bits per heavy atom. The van der Waals surface area contributed by atoms with Gasteiger partial charge in [0.05, 0.1) is 0 Å². The van der Waals surface area contributed by atoms with Crippen LogP contribution in [0.3, 0.4) is 0 Å². The zero-order valence-corrected chi connectivity index (χ0v) is 8.84. The molecule has 2 aromatic carbocycles. The fourth-order valence-corrected chi connectivity index (χ4v) is 1.44. The van der Waals surface area contributed by atoms with Crippen molar-refractivity contribution >= 4 is 0 Å². The molecule has 0 fully saturated rings. The standard InChI is InChI=1S/C13H12O3/c1-9-3-2-4-12(5-9)16-13-7-10(14)6-11(15)8-13/h2-8,14-15H,1H3. The molecule has 0 spiro atoms. The zero-order chi connectivity index (χ0) is 11.5. The zero-order valence-electron chi connectivity index (χ0n) is 8.84. The summed E-state index contributed by atoms with van der Waals surface area (Å²) in [6.07, 6.45) is 0. The normalized spacial score (nSPS) is 10.1. The van der Waals surface area contributed by atoms with Gasteiger partial charge in [0, 0.05) is 18.2 Å². The molecule has 82 valence electrons. The van der Waals surface area contributed by atoms with Gasteiger partial charge in [-0.05, 0) is 24.6 Å². The number of phenolic OH excluding ortho intramolecular Hbond substituents is 2. The van der Waals surface area contributed by atoms with Crippen LogP contribution in [0.1, 0.15) is 5.56 Å². The van der Waals surface area contributed by atoms with Gasteiger partial charge in [0.1, 0.15) is 23.0 Å². The van der Waals surface area contributed by atoms with Crippen LogP contribution in [0.5, 0.6) is 23.0 Å². The third-order valence-electron chi connectivity index (χ3n) is 2.10. The van der Waals surface area contributed by atoms with Crippen LogP contribution in [-0.4, -0.2) is 10.2 Å². The summed E-state index contributed by atoms with van der Waals surface area (Å²) in [5.41, 5.74) is 1.09. The van der Waals surface area contributed by atoms with E-state index in [0.717, 1.165) is 5.56 Å². The Labute approximate surface area is 93.6 Å². The molecule has 2 N–H and O–H groups in total. The largest absolute Gasteiger partial charge is 0.508 e. The molecule has 0 unspecified atom stereocenters. The van der Waals surface area contributed by atoms with Crippen molar-refractivity contribution in [3.05, 3.63) is 48.0 Å². The molecule has 0 aliphatic heterocycles. The molecule has 0 atom stereocenters. The van der Waals surface area contributed by atoms with Crippen molar-refractivity contribution < 1.29 is 14.9 Å². The summed E-state index contributed by atoms with van der Waals surface area (Å²) in [6.45, 7) is 1.97. The Morgan fingerprint density at radius 3 is 2.19 bits per heavy atom. The van der Waals surface area contributed by atoms with Crippen LogP contribution in [0.2, 0.25) is 0 Å². The summed E-state index contributed by atoms with van der Waals surface area (Å²) in [5, 5.41) is 18.6. The van der Waals surface area contributed by atoms with Gasteiger partial charge in [0.15, 0.2) is 0 Å². The van der Waals surface area contributed by atoms with Crippen LogP contribution in [-0.2, 0) is 0 Å². The van der Waals surface area contributed by atoms with Crippen LogP contribution in [0.4, 0.5) is 0 Å². The maximum Gasteiger partial charge on any atom is 0.134 e. The first kappa shape index (κ1) is 10.4. The van der Waals surface area contributed by atoms with Gasteiger partial charge >= 0.3 is 0 Å². The second-order valence-electron chi connectivity index (χ2n) is 3.60. The summed E-state index contributed by atoms with van der Waals surface area (Å²) in [6, 6.07) is 11.7. The highest BCUT2D eigenvalue weighted by atomic mass is 16.5. The number of ether oxygens (including phenoxy) is 1. The van der Waals surface area contributed by atoms with Crippen molar-refractivity contribution in [1.29, 1.82) is 0 Å². The Kier molecular flexibility index (Phi) is 2.68. The highest BCUT2D eigenvalue weighted by Crippen LogP contribution is 2.29. The van der Waals surface area contributed by atoms with E-state index >= 15 is 0 Å². The van der Waals surface area contributed by atoms with Crippen molar-refractivity contribution in [3.8, 4) is 23.0 Å². The minimum atomic E-state index is -0.0253. The Balaban J connectivity index is 2.27. The predicted octanol–water partition coefficient (Wildman–Crippen LogP) is 3.20. The molecule has 2 aromatic rings. The van der Waals surface area contributed by atoms with Gasteiger partial charge < -0.3 is 14.9 Å². The molecule has 0 aliphatic carbocycles. The lowest BCUT2D eigenvalue weighted by Gasteiger charge is -2.07. The maximum atomic E-state index is 9.29. The summed E-state index contributed by atoms with van der Waals surface area (Å²) in [4.78, 5) is 0. The number of rotatable bonds is 2. The first-order chi connectivity index (χ1) is 7.63. The van der Waals surface area contributed by atoms with Crippen molar-refractivity contribution in [3.63, 3.8) is 0 Å². The molecule has 0 heterocycles. The molecule has 2 rings (SSSR count). The van der Waals surface area contributed by atoms with Crippen LogP contribution < -0.4 is 4.74 Å². The lowest BCUT2D eigenvalue weighted by molar-refractivity contribution is 0.431. The molecule has 0 saturated carbocycles. The quantitative estimate of drug-likeness (QED) is 0.810. The van der Waals surface area contributed by atoms with E-state index in [9.17, 15) is 10.2 Å². The number of phenols is 2. The molecule has 16 heavy (non-hydrogen) atoms.